The molecule has 1 aliphatic rings. The van der Waals surface area contributed by atoms with Crippen LogP contribution in [0.3, 0.4) is 0 Å². The minimum atomic E-state index is -0.710. The number of aliphatic carboxylic acids is 1. The number of carboxylic acids is 1. The zero-order valence-corrected chi connectivity index (χ0v) is 13.7. The van der Waals surface area contributed by atoms with Gasteiger partial charge in [-0.1, -0.05) is 6.92 Å². The quantitative estimate of drug-likeness (QED) is 0.860. The van der Waals surface area contributed by atoms with Crippen LogP contribution in [0.1, 0.15) is 38.1 Å². The molecule has 0 aromatic carbocycles. The Morgan fingerprint density at radius 1 is 1.55 bits per heavy atom. The summed E-state index contributed by atoms with van der Waals surface area (Å²) in [5.41, 5.74) is 1.31. The molecule has 2 N–H and O–H groups in total. The van der Waals surface area contributed by atoms with E-state index < -0.39 is 11.4 Å². The lowest BCUT2D eigenvalue weighted by molar-refractivity contribution is -0.150. The van der Waals surface area contributed by atoms with Crippen molar-refractivity contribution in [3.05, 3.63) is 15.9 Å². The Balaban J connectivity index is 2.35. The van der Waals surface area contributed by atoms with Crippen molar-refractivity contribution in [1.29, 1.82) is 0 Å². The first-order chi connectivity index (χ1) is 9.54. The highest BCUT2D eigenvalue weighted by molar-refractivity contribution is 9.10. The topological polar surface area (TPSA) is 67.2 Å². The van der Waals surface area contributed by atoms with E-state index in [0.717, 1.165) is 48.2 Å². The summed E-state index contributed by atoms with van der Waals surface area (Å²) in [5, 5.41) is 17.5. The van der Waals surface area contributed by atoms with Crippen LogP contribution in [0.25, 0.3) is 0 Å². The number of hydrogen-bond donors (Lipinski definition) is 2. The van der Waals surface area contributed by atoms with Gasteiger partial charge in [0.1, 0.15) is 0 Å². The smallest absolute Gasteiger partial charge is 0.311 e. The zero-order valence-electron chi connectivity index (χ0n) is 12.1. The molecule has 2 rings (SSSR count). The van der Waals surface area contributed by atoms with Crippen LogP contribution in [-0.2, 0) is 24.2 Å². The summed E-state index contributed by atoms with van der Waals surface area (Å²) in [5.74, 6) is -0.710. The number of carboxylic acid groups (broad SMARTS) is 1. The predicted octanol–water partition coefficient (Wildman–Crippen LogP) is 2.22. The molecule has 0 amide bonds. The van der Waals surface area contributed by atoms with E-state index >= 15 is 0 Å². The van der Waals surface area contributed by atoms with Crippen molar-refractivity contribution in [2.45, 2.75) is 46.1 Å². The highest BCUT2D eigenvalue weighted by atomic mass is 79.9. The second-order valence-electron chi connectivity index (χ2n) is 5.42. The molecule has 1 atom stereocenters. The largest absolute Gasteiger partial charge is 0.481 e. The summed E-state index contributed by atoms with van der Waals surface area (Å²) in [6.07, 6.45) is 3.00. The molecule has 1 aromatic heterocycles. The van der Waals surface area contributed by atoms with Crippen LogP contribution >= 0.6 is 15.9 Å². The predicted molar refractivity (Wildman–Crippen MR) is 80.9 cm³/mol. The Morgan fingerprint density at radius 3 is 2.80 bits per heavy atom. The fourth-order valence-electron chi connectivity index (χ4n) is 2.88. The number of rotatable bonds is 5. The molecule has 112 valence electrons. The molecule has 20 heavy (non-hydrogen) atoms. The number of halogens is 1. The SMILES string of the molecule is CCc1nn(CC)c(CC2(C(=O)O)CCCNC2)c1Br. The van der Waals surface area contributed by atoms with E-state index in [0.29, 0.717) is 13.0 Å². The average molecular weight is 344 g/mol. The molecule has 0 spiro atoms. The van der Waals surface area contributed by atoms with E-state index in [-0.39, 0.29) is 0 Å². The van der Waals surface area contributed by atoms with Crippen molar-refractivity contribution < 1.29 is 9.90 Å². The number of aryl methyl sites for hydroxylation is 2. The monoisotopic (exact) mass is 343 g/mol. The van der Waals surface area contributed by atoms with E-state index in [1.807, 2.05) is 11.6 Å². The van der Waals surface area contributed by atoms with Gasteiger partial charge >= 0.3 is 5.97 Å². The molecular weight excluding hydrogens is 322 g/mol. The maximum absolute atomic E-state index is 11.8. The molecule has 1 unspecified atom stereocenters. The Labute approximate surface area is 127 Å². The molecule has 1 saturated heterocycles. The van der Waals surface area contributed by atoms with Gasteiger partial charge in [0.2, 0.25) is 0 Å². The summed E-state index contributed by atoms with van der Waals surface area (Å²) in [6, 6.07) is 0. The number of hydrogen-bond acceptors (Lipinski definition) is 3. The van der Waals surface area contributed by atoms with Crippen LogP contribution in [0.15, 0.2) is 4.47 Å². The Hall–Kier alpha value is -0.880. The fourth-order valence-corrected chi connectivity index (χ4v) is 3.59. The van der Waals surface area contributed by atoms with Gasteiger partial charge in [0.25, 0.3) is 0 Å². The second kappa shape index (κ2) is 6.26. The average Bonchev–Trinajstić information content (AvgIpc) is 2.76. The van der Waals surface area contributed by atoms with Gasteiger partial charge in [-0.25, -0.2) is 0 Å². The molecule has 5 nitrogen and oxygen atoms in total. The van der Waals surface area contributed by atoms with Crippen LogP contribution < -0.4 is 5.32 Å². The Morgan fingerprint density at radius 2 is 2.30 bits per heavy atom. The number of nitrogens with one attached hydrogen (secondary N) is 1. The number of aromatic nitrogens is 2. The van der Waals surface area contributed by atoms with Crippen LogP contribution in [0.2, 0.25) is 0 Å². The first kappa shape index (κ1) is 15.5. The zero-order chi connectivity index (χ0) is 14.8. The van der Waals surface area contributed by atoms with Gasteiger partial charge < -0.3 is 10.4 Å². The standard InChI is InChI=1S/C14H22BrN3O2/c1-3-10-12(15)11(18(4-2)17-10)8-14(13(19)20)6-5-7-16-9-14/h16H,3-9H2,1-2H3,(H,19,20). The summed E-state index contributed by atoms with van der Waals surface area (Å²) >= 11 is 3.61. The van der Waals surface area contributed by atoms with Gasteiger partial charge in [-0.2, -0.15) is 5.10 Å². The molecule has 2 heterocycles. The van der Waals surface area contributed by atoms with Crippen LogP contribution in [0.4, 0.5) is 0 Å². The van der Waals surface area contributed by atoms with Crippen molar-refractivity contribution in [3.63, 3.8) is 0 Å². The lowest BCUT2D eigenvalue weighted by atomic mass is 9.77. The summed E-state index contributed by atoms with van der Waals surface area (Å²) in [4.78, 5) is 11.8. The van der Waals surface area contributed by atoms with Crippen molar-refractivity contribution in [3.8, 4) is 0 Å². The van der Waals surface area contributed by atoms with Crippen molar-refractivity contribution >= 4 is 21.9 Å². The van der Waals surface area contributed by atoms with E-state index in [1.54, 1.807) is 0 Å². The number of carbonyl (C=O) groups is 1. The first-order valence-electron chi connectivity index (χ1n) is 7.22. The highest BCUT2D eigenvalue weighted by Gasteiger charge is 2.41. The number of nitrogens with zero attached hydrogens (tertiary/aromatic N) is 2. The third-order valence-electron chi connectivity index (χ3n) is 4.13. The van der Waals surface area contributed by atoms with Crippen LogP contribution in [0, 0.1) is 5.41 Å². The normalized spacial score (nSPS) is 22.9. The van der Waals surface area contributed by atoms with E-state index in [1.165, 1.54) is 0 Å². The van der Waals surface area contributed by atoms with Gasteiger partial charge in [0, 0.05) is 19.5 Å². The molecule has 6 heteroatoms. The Bertz CT molecular complexity index is 493. The highest BCUT2D eigenvalue weighted by Crippen LogP contribution is 2.34. The molecule has 1 fully saturated rings. The molecule has 0 bridgehead atoms. The van der Waals surface area contributed by atoms with E-state index in [9.17, 15) is 9.90 Å². The third-order valence-corrected chi connectivity index (χ3v) is 5.04. The fraction of sp³-hybridized carbons (Fsp3) is 0.714. The lowest BCUT2D eigenvalue weighted by Crippen LogP contribution is -2.47. The molecule has 0 aliphatic carbocycles. The lowest BCUT2D eigenvalue weighted by Gasteiger charge is -2.33. The van der Waals surface area contributed by atoms with Gasteiger partial charge in [-0.15, -0.1) is 0 Å². The third kappa shape index (κ3) is 2.76. The van der Waals surface area contributed by atoms with Gasteiger partial charge in [-0.05, 0) is 48.7 Å². The minimum Gasteiger partial charge on any atom is -0.481 e. The van der Waals surface area contributed by atoms with Crippen molar-refractivity contribution in [1.82, 2.24) is 15.1 Å². The molecule has 1 aliphatic heterocycles. The van der Waals surface area contributed by atoms with Gasteiger partial charge in [-0.3, -0.25) is 9.48 Å². The molecule has 0 radical (unpaired) electrons. The number of piperidine rings is 1. The summed E-state index contributed by atoms with van der Waals surface area (Å²) in [7, 11) is 0. The molecule has 1 aromatic rings. The minimum absolute atomic E-state index is 0.525. The van der Waals surface area contributed by atoms with Gasteiger partial charge in [0.15, 0.2) is 0 Å². The first-order valence-corrected chi connectivity index (χ1v) is 8.01. The van der Waals surface area contributed by atoms with Crippen LogP contribution in [0.5, 0.6) is 0 Å². The van der Waals surface area contributed by atoms with Gasteiger partial charge in [0.05, 0.1) is 21.3 Å². The maximum atomic E-state index is 11.8. The molecule has 0 saturated carbocycles. The van der Waals surface area contributed by atoms with Crippen molar-refractivity contribution in [2.24, 2.45) is 5.41 Å². The van der Waals surface area contributed by atoms with Crippen molar-refractivity contribution in [2.75, 3.05) is 13.1 Å². The Kier molecular flexibility index (Phi) is 4.86. The van der Waals surface area contributed by atoms with E-state index in [4.69, 9.17) is 0 Å². The maximum Gasteiger partial charge on any atom is 0.311 e. The molecular formula is C14H22BrN3O2. The second-order valence-corrected chi connectivity index (χ2v) is 6.21. The van der Waals surface area contributed by atoms with E-state index in [2.05, 4.69) is 33.3 Å². The summed E-state index contributed by atoms with van der Waals surface area (Å²) < 4.78 is 2.91. The van der Waals surface area contributed by atoms with Crippen LogP contribution in [-0.4, -0.2) is 33.9 Å². The summed E-state index contributed by atoms with van der Waals surface area (Å²) in [6.45, 7) is 6.30.